The second kappa shape index (κ2) is 5.70. The van der Waals surface area contributed by atoms with E-state index in [2.05, 4.69) is 35.0 Å². The molecule has 2 rings (SSSR count). The minimum atomic E-state index is 0.192. The minimum Gasteiger partial charge on any atom is -0.294 e. The number of hydrogen-bond acceptors (Lipinski definition) is 1. The first-order valence-electron chi connectivity index (χ1n) is 6.33. The van der Waals surface area contributed by atoms with Crippen LogP contribution in [-0.2, 0) is 6.42 Å². The fourth-order valence-corrected chi connectivity index (χ4v) is 2.76. The fraction of sp³-hybridized carbons (Fsp3) is 0.235. The summed E-state index contributed by atoms with van der Waals surface area (Å²) in [6, 6.07) is 12.1. The molecule has 0 aliphatic carbocycles. The molecular formula is C17H17BrO. The molecule has 0 bridgehead atoms. The van der Waals surface area contributed by atoms with Gasteiger partial charge in [0.25, 0.3) is 0 Å². The Morgan fingerprint density at radius 1 is 1.00 bits per heavy atom. The Kier molecular flexibility index (Phi) is 4.20. The highest BCUT2D eigenvalue weighted by molar-refractivity contribution is 9.10. The van der Waals surface area contributed by atoms with E-state index in [1.807, 2.05) is 38.1 Å². The largest absolute Gasteiger partial charge is 0.294 e. The van der Waals surface area contributed by atoms with E-state index in [1.165, 1.54) is 5.56 Å². The van der Waals surface area contributed by atoms with Crippen LogP contribution in [0.15, 0.2) is 40.9 Å². The van der Waals surface area contributed by atoms with Gasteiger partial charge in [0.2, 0.25) is 0 Å². The molecule has 0 unspecified atom stereocenters. The molecular weight excluding hydrogens is 300 g/mol. The van der Waals surface area contributed by atoms with Crippen molar-refractivity contribution in [3.05, 3.63) is 68.7 Å². The molecule has 0 radical (unpaired) electrons. The van der Waals surface area contributed by atoms with Crippen molar-refractivity contribution >= 4 is 21.7 Å². The molecule has 2 aromatic carbocycles. The first-order valence-corrected chi connectivity index (χ1v) is 7.12. The van der Waals surface area contributed by atoms with Crippen LogP contribution in [0.4, 0.5) is 0 Å². The van der Waals surface area contributed by atoms with Crippen molar-refractivity contribution in [1.29, 1.82) is 0 Å². The Hall–Kier alpha value is -1.41. The van der Waals surface area contributed by atoms with Gasteiger partial charge in [-0.25, -0.2) is 0 Å². The molecule has 0 saturated carbocycles. The SMILES string of the molecule is Cc1cc(C)c(C(=O)Cc2ccc(Br)cc2)c(C)c1. The summed E-state index contributed by atoms with van der Waals surface area (Å²) in [5.41, 5.74) is 5.26. The highest BCUT2D eigenvalue weighted by atomic mass is 79.9. The molecule has 98 valence electrons. The molecule has 0 heterocycles. The van der Waals surface area contributed by atoms with Gasteiger partial charge in [-0.3, -0.25) is 4.79 Å². The van der Waals surface area contributed by atoms with Crippen molar-refractivity contribution in [2.45, 2.75) is 27.2 Å². The van der Waals surface area contributed by atoms with E-state index in [1.54, 1.807) is 0 Å². The average Bonchev–Trinajstić information content (AvgIpc) is 2.30. The lowest BCUT2D eigenvalue weighted by Crippen LogP contribution is -2.08. The van der Waals surface area contributed by atoms with Crippen LogP contribution in [0, 0.1) is 20.8 Å². The second-order valence-electron chi connectivity index (χ2n) is 5.00. The summed E-state index contributed by atoms with van der Waals surface area (Å²) >= 11 is 3.40. The van der Waals surface area contributed by atoms with Gasteiger partial charge in [0, 0.05) is 16.5 Å². The zero-order chi connectivity index (χ0) is 14.0. The first-order chi connectivity index (χ1) is 8.97. The number of rotatable bonds is 3. The highest BCUT2D eigenvalue weighted by Crippen LogP contribution is 2.19. The van der Waals surface area contributed by atoms with Crippen LogP contribution in [0.1, 0.15) is 32.6 Å². The Morgan fingerprint density at radius 2 is 1.53 bits per heavy atom. The topological polar surface area (TPSA) is 17.1 Å². The lowest BCUT2D eigenvalue weighted by atomic mass is 9.93. The van der Waals surface area contributed by atoms with Gasteiger partial charge in [0.1, 0.15) is 0 Å². The number of benzene rings is 2. The monoisotopic (exact) mass is 316 g/mol. The van der Waals surface area contributed by atoms with Crippen molar-refractivity contribution < 1.29 is 4.79 Å². The standard InChI is InChI=1S/C17H17BrO/c1-11-8-12(2)17(13(3)9-11)16(19)10-14-4-6-15(18)7-5-14/h4-9H,10H2,1-3H3. The molecule has 0 spiro atoms. The Morgan fingerprint density at radius 3 is 2.05 bits per heavy atom. The first kappa shape index (κ1) is 14.0. The summed E-state index contributed by atoms with van der Waals surface area (Å²) < 4.78 is 1.03. The number of hydrogen-bond donors (Lipinski definition) is 0. The van der Waals surface area contributed by atoms with Crippen molar-refractivity contribution in [2.24, 2.45) is 0 Å². The van der Waals surface area contributed by atoms with Crippen LogP contribution < -0.4 is 0 Å². The quantitative estimate of drug-likeness (QED) is 0.743. The summed E-state index contributed by atoms with van der Waals surface area (Å²) in [6.07, 6.45) is 0.456. The van der Waals surface area contributed by atoms with Crippen LogP contribution in [-0.4, -0.2) is 5.78 Å². The Labute approximate surface area is 122 Å². The van der Waals surface area contributed by atoms with E-state index in [4.69, 9.17) is 0 Å². The van der Waals surface area contributed by atoms with Crippen molar-refractivity contribution in [1.82, 2.24) is 0 Å². The van der Waals surface area contributed by atoms with E-state index in [9.17, 15) is 4.79 Å². The maximum atomic E-state index is 12.4. The van der Waals surface area contributed by atoms with Crippen LogP contribution in [0.2, 0.25) is 0 Å². The van der Waals surface area contributed by atoms with Gasteiger partial charge >= 0.3 is 0 Å². The summed E-state index contributed by atoms with van der Waals surface area (Å²) in [5.74, 6) is 0.192. The third-order valence-corrected chi connectivity index (χ3v) is 3.76. The van der Waals surface area contributed by atoms with Gasteiger partial charge in [0.15, 0.2) is 5.78 Å². The predicted octanol–water partition coefficient (Wildman–Crippen LogP) is 4.80. The number of aryl methyl sites for hydroxylation is 3. The molecule has 2 aromatic rings. The van der Waals surface area contributed by atoms with Crippen molar-refractivity contribution in [3.63, 3.8) is 0 Å². The molecule has 0 aliphatic heterocycles. The van der Waals surface area contributed by atoms with Crippen LogP contribution in [0.25, 0.3) is 0 Å². The van der Waals surface area contributed by atoms with E-state index in [-0.39, 0.29) is 5.78 Å². The third-order valence-electron chi connectivity index (χ3n) is 3.23. The summed E-state index contributed by atoms with van der Waals surface area (Å²) in [6.45, 7) is 6.08. The zero-order valence-electron chi connectivity index (χ0n) is 11.5. The summed E-state index contributed by atoms with van der Waals surface area (Å²) in [5, 5.41) is 0. The number of carbonyl (C=O) groups is 1. The average molecular weight is 317 g/mol. The number of Topliss-reactive ketones (excluding diaryl/α,β-unsaturated/α-hetero) is 1. The maximum Gasteiger partial charge on any atom is 0.167 e. The zero-order valence-corrected chi connectivity index (χ0v) is 13.0. The molecule has 1 nitrogen and oxygen atoms in total. The summed E-state index contributed by atoms with van der Waals surface area (Å²) in [4.78, 5) is 12.4. The number of halogens is 1. The molecule has 19 heavy (non-hydrogen) atoms. The van der Waals surface area contributed by atoms with Gasteiger partial charge in [-0.2, -0.15) is 0 Å². The van der Waals surface area contributed by atoms with Crippen molar-refractivity contribution in [2.75, 3.05) is 0 Å². The Balaban J connectivity index is 2.28. The van der Waals surface area contributed by atoms with Crippen LogP contribution in [0.3, 0.4) is 0 Å². The van der Waals surface area contributed by atoms with Gasteiger partial charge in [-0.1, -0.05) is 45.8 Å². The molecule has 0 saturated heterocycles. The fourth-order valence-electron chi connectivity index (χ4n) is 2.50. The lowest BCUT2D eigenvalue weighted by molar-refractivity contribution is 0.0992. The summed E-state index contributed by atoms with van der Waals surface area (Å²) in [7, 11) is 0. The molecule has 0 fully saturated rings. The lowest BCUT2D eigenvalue weighted by Gasteiger charge is -2.10. The maximum absolute atomic E-state index is 12.4. The normalized spacial score (nSPS) is 10.5. The Bertz CT molecular complexity index is 589. The van der Waals surface area contributed by atoms with Gasteiger partial charge in [-0.05, 0) is 49.6 Å². The van der Waals surface area contributed by atoms with E-state index in [0.717, 1.165) is 26.7 Å². The van der Waals surface area contributed by atoms with E-state index in [0.29, 0.717) is 6.42 Å². The van der Waals surface area contributed by atoms with Gasteiger partial charge in [0.05, 0.1) is 0 Å². The molecule has 0 N–H and O–H groups in total. The van der Waals surface area contributed by atoms with Crippen LogP contribution >= 0.6 is 15.9 Å². The molecule has 0 atom stereocenters. The molecule has 0 aliphatic rings. The highest BCUT2D eigenvalue weighted by Gasteiger charge is 2.13. The van der Waals surface area contributed by atoms with Gasteiger partial charge in [-0.15, -0.1) is 0 Å². The third kappa shape index (κ3) is 3.32. The van der Waals surface area contributed by atoms with Gasteiger partial charge < -0.3 is 0 Å². The second-order valence-corrected chi connectivity index (χ2v) is 5.92. The molecule has 0 amide bonds. The number of ketones is 1. The van der Waals surface area contributed by atoms with E-state index < -0.39 is 0 Å². The number of carbonyl (C=O) groups excluding carboxylic acids is 1. The minimum absolute atomic E-state index is 0.192. The van der Waals surface area contributed by atoms with E-state index >= 15 is 0 Å². The predicted molar refractivity (Wildman–Crippen MR) is 82.8 cm³/mol. The molecule has 0 aromatic heterocycles. The molecule has 2 heteroatoms. The van der Waals surface area contributed by atoms with Crippen LogP contribution in [0.5, 0.6) is 0 Å². The van der Waals surface area contributed by atoms with Crippen molar-refractivity contribution in [3.8, 4) is 0 Å². The smallest absolute Gasteiger partial charge is 0.167 e.